The molecule has 0 unspecified atom stereocenters. The fourth-order valence-electron chi connectivity index (χ4n) is 1.62. The number of benzene rings is 1. The Morgan fingerprint density at radius 2 is 2.11 bits per heavy atom. The van der Waals surface area contributed by atoms with Gasteiger partial charge in [-0.1, -0.05) is 0 Å². The molecule has 2 rings (SSSR count). The largest absolute Gasteiger partial charge is 0.493 e. The van der Waals surface area contributed by atoms with Crippen LogP contribution in [0.3, 0.4) is 0 Å². The number of hydrogen-bond donors (Lipinski definition) is 2. The van der Waals surface area contributed by atoms with Crippen molar-refractivity contribution in [3.05, 3.63) is 47.8 Å². The van der Waals surface area contributed by atoms with Gasteiger partial charge in [0.2, 0.25) is 0 Å². The zero-order chi connectivity index (χ0) is 13.0. The lowest BCUT2D eigenvalue weighted by Crippen LogP contribution is -2.10. The van der Waals surface area contributed by atoms with Crippen LogP contribution in [0.4, 0.5) is 0 Å². The predicted octanol–water partition coefficient (Wildman–Crippen LogP) is 1.33. The molecule has 0 aliphatic rings. The number of aryl methyl sites for hydroxylation is 1. The van der Waals surface area contributed by atoms with Crippen molar-refractivity contribution in [2.24, 2.45) is 12.8 Å². The zero-order valence-electron chi connectivity index (χ0n) is 10.3. The van der Waals surface area contributed by atoms with Crippen molar-refractivity contribution in [1.82, 2.24) is 9.78 Å². The molecule has 1 aromatic carbocycles. The van der Waals surface area contributed by atoms with Crippen molar-refractivity contribution >= 4 is 5.84 Å². The van der Waals surface area contributed by atoms with Gasteiger partial charge in [-0.3, -0.25) is 10.1 Å². The first-order chi connectivity index (χ1) is 8.65. The summed E-state index contributed by atoms with van der Waals surface area (Å²) < 4.78 is 7.38. The smallest absolute Gasteiger partial charge is 0.122 e. The van der Waals surface area contributed by atoms with Gasteiger partial charge >= 0.3 is 0 Å². The van der Waals surface area contributed by atoms with E-state index in [1.165, 1.54) is 0 Å². The average molecular weight is 244 g/mol. The van der Waals surface area contributed by atoms with Gasteiger partial charge in [-0.25, -0.2) is 0 Å². The lowest BCUT2D eigenvalue weighted by Gasteiger charge is -2.05. The molecule has 0 saturated heterocycles. The summed E-state index contributed by atoms with van der Waals surface area (Å²) in [6.07, 6.45) is 4.63. The minimum atomic E-state index is 0.0666. The van der Waals surface area contributed by atoms with Crippen LogP contribution in [0.25, 0.3) is 0 Å². The Labute approximate surface area is 106 Å². The second-order valence-corrected chi connectivity index (χ2v) is 4.06. The number of hydrogen-bond acceptors (Lipinski definition) is 3. The summed E-state index contributed by atoms with van der Waals surface area (Å²) in [4.78, 5) is 0. The molecule has 0 spiro atoms. The third kappa shape index (κ3) is 3.10. The highest BCUT2D eigenvalue weighted by Crippen LogP contribution is 2.12. The molecule has 94 valence electrons. The Hall–Kier alpha value is -2.30. The molecule has 0 aliphatic heterocycles. The fraction of sp³-hybridized carbons (Fsp3) is 0.231. The highest BCUT2D eigenvalue weighted by atomic mass is 16.5. The zero-order valence-corrected chi connectivity index (χ0v) is 10.3. The second kappa shape index (κ2) is 5.35. The van der Waals surface area contributed by atoms with Crippen molar-refractivity contribution in [2.45, 2.75) is 6.42 Å². The van der Waals surface area contributed by atoms with Crippen LogP contribution in [0.15, 0.2) is 36.7 Å². The highest BCUT2D eigenvalue weighted by molar-refractivity contribution is 5.94. The van der Waals surface area contributed by atoms with E-state index < -0.39 is 0 Å². The third-order valence-electron chi connectivity index (χ3n) is 2.58. The number of nitrogens with one attached hydrogen (secondary N) is 1. The van der Waals surface area contributed by atoms with Crippen molar-refractivity contribution in [3.8, 4) is 5.75 Å². The van der Waals surface area contributed by atoms with Crippen LogP contribution in [0.1, 0.15) is 11.1 Å². The SMILES string of the molecule is Cn1cc(CCOc2ccc(C(=N)N)cc2)cn1. The Morgan fingerprint density at radius 1 is 1.39 bits per heavy atom. The molecule has 0 atom stereocenters. The van der Waals surface area contributed by atoms with Crippen LogP contribution >= 0.6 is 0 Å². The number of aromatic nitrogens is 2. The van der Waals surface area contributed by atoms with E-state index >= 15 is 0 Å². The van der Waals surface area contributed by atoms with Crippen molar-refractivity contribution in [1.29, 1.82) is 5.41 Å². The summed E-state index contributed by atoms with van der Waals surface area (Å²) in [5.74, 6) is 0.848. The topological polar surface area (TPSA) is 76.9 Å². The van der Waals surface area contributed by atoms with E-state index in [1.807, 2.05) is 31.6 Å². The molecule has 0 fully saturated rings. The number of amidine groups is 1. The van der Waals surface area contributed by atoms with Gasteiger partial charge in [0.25, 0.3) is 0 Å². The number of nitrogens with two attached hydrogens (primary N) is 1. The molecule has 2 aromatic rings. The van der Waals surface area contributed by atoms with E-state index in [-0.39, 0.29) is 5.84 Å². The van der Waals surface area contributed by atoms with E-state index in [4.69, 9.17) is 15.9 Å². The highest BCUT2D eigenvalue weighted by Gasteiger charge is 1.99. The van der Waals surface area contributed by atoms with Crippen LogP contribution in [0.5, 0.6) is 5.75 Å². The van der Waals surface area contributed by atoms with Crippen LogP contribution in [-0.4, -0.2) is 22.2 Å². The van der Waals surface area contributed by atoms with E-state index in [2.05, 4.69) is 5.10 Å². The molecule has 5 nitrogen and oxygen atoms in total. The van der Waals surface area contributed by atoms with Crippen molar-refractivity contribution in [2.75, 3.05) is 6.61 Å². The Bertz CT molecular complexity index is 530. The van der Waals surface area contributed by atoms with Crippen molar-refractivity contribution < 1.29 is 4.74 Å². The first-order valence-electron chi connectivity index (χ1n) is 5.70. The Kier molecular flexibility index (Phi) is 3.62. The molecule has 1 aromatic heterocycles. The minimum absolute atomic E-state index is 0.0666. The maximum Gasteiger partial charge on any atom is 0.122 e. The van der Waals surface area contributed by atoms with Gasteiger partial charge < -0.3 is 10.5 Å². The molecular formula is C13H16N4O. The predicted molar refractivity (Wildman–Crippen MR) is 69.9 cm³/mol. The molecule has 0 saturated carbocycles. The first-order valence-corrected chi connectivity index (χ1v) is 5.70. The molecule has 0 amide bonds. The van der Waals surface area contributed by atoms with Gasteiger partial charge in [0.05, 0.1) is 12.8 Å². The van der Waals surface area contributed by atoms with Gasteiger partial charge in [-0.15, -0.1) is 0 Å². The van der Waals surface area contributed by atoms with Crippen LogP contribution in [-0.2, 0) is 13.5 Å². The quantitative estimate of drug-likeness (QED) is 0.615. The van der Waals surface area contributed by atoms with Gasteiger partial charge in [-0.05, 0) is 29.8 Å². The summed E-state index contributed by atoms with van der Waals surface area (Å²) >= 11 is 0. The van der Waals surface area contributed by atoms with Crippen LogP contribution in [0.2, 0.25) is 0 Å². The van der Waals surface area contributed by atoms with E-state index in [1.54, 1.807) is 16.8 Å². The van der Waals surface area contributed by atoms with Crippen LogP contribution in [0, 0.1) is 5.41 Å². The Balaban J connectivity index is 1.85. The number of ether oxygens (including phenoxy) is 1. The summed E-state index contributed by atoms with van der Waals surface area (Å²) in [5, 5.41) is 11.4. The molecule has 1 heterocycles. The lowest BCUT2D eigenvalue weighted by atomic mass is 10.2. The molecule has 3 N–H and O–H groups in total. The summed E-state index contributed by atoms with van der Waals surface area (Å²) in [6.45, 7) is 0.602. The summed E-state index contributed by atoms with van der Waals surface area (Å²) in [7, 11) is 1.89. The normalized spacial score (nSPS) is 10.3. The van der Waals surface area contributed by atoms with E-state index in [0.717, 1.165) is 17.7 Å². The van der Waals surface area contributed by atoms with Gasteiger partial charge in [-0.2, -0.15) is 5.10 Å². The monoisotopic (exact) mass is 244 g/mol. The molecule has 5 heteroatoms. The maximum absolute atomic E-state index is 7.29. The average Bonchev–Trinajstić information content (AvgIpc) is 2.76. The van der Waals surface area contributed by atoms with Gasteiger partial charge in [0, 0.05) is 25.2 Å². The molecular weight excluding hydrogens is 228 g/mol. The second-order valence-electron chi connectivity index (χ2n) is 4.06. The molecule has 0 radical (unpaired) electrons. The summed E-state index contributed by atoms with van der Waals surface area (Å²) in [5.41, 5.74) is 7.23. The van der Waals surface area contributed by atoms with Crippen molar-refractivity contribution in [3.63, 3.8) is 0 Å². The lowest BCUT2D eigenvalue weighted by molar-refractivity contribution is 0.322. The van der Waals surface area contributed by atoms with Gasteiger partial charge in [0.15, 0.2) is 0 Å². The van der Waals surface area contributed by atoms with E-state index in [0.29, 0.717) is 12.2 Å². The Morgan fingerprint density at radius 3 is 2.67 bits per heavy atom. The van der Waals surface area contributed by atoms with E-state index in [9.17, 15) is 0 Å². The minimum Gasteiger partial charge on any atom is -0.493 e. The van der Waals surface area contributed by atoms with Crippen LogP contribution < -0.4 is 10.5 Å². The summed E-state index contributed by atoms with van der Waals surface area (Å²) in [6, 6.07) is 7.20. The molecule has 0 bridgehead atoms. The standard InChI is InChI=1S/C13H16N4O/c1-17-9-10(8-16-17)6-7-18-12-4-2-11(3-5-12)13(14)15/h2-5,8-9H,6-7H2,1H3,(H3,14,15). The number of nitrogen functional groups attached to an aromatic ring is 1. The fourth-order valence-corrected chi connectivity index (χ4v) is 1.62. The first kappa shape index (κ1) is 12.2. The molecule has 0 aliphatic carbocycles. The maximum atomic E-state index is 7.29. The number of rotatable bonds is 5. The van der Waals surface area contributed by atoms with Gasteiger partial charge in [0.1, 0.15) is 11.6 Å². The number of nitrogens with zero attached hydrogens (tertiary/aromatic N) is 2. The molecule has 18 heavy (non-hydrogen) atoms. The third-order valence-corrected chi connectivity index (χ3v) is 2.58.